The monoisotopic (exact) mass is 278 g/mol. The Morgan fingerprint density at radius 2 is 1.95 bits per heavy atom. The molecule has 0 amide bonds. The minimum absolute atomic E-state index is 0.223. The van der Waals surface area contributed by atoms with E-state index in [1.807, 2.05) is 0 Å². The quantitative estimate of drug-likeness (QED) is 0.560. The van der Waals surface area contributed by atoms with Crippen LogP contribution in [0.3, 0.4) is 0 Å². The van der Waals surface area contributed by atoms with Gasteiger partial charge in [0, 0.05) is 5.41 Å². The molecule has 21 heavy (non-hydrogen) atoms. The van der Waals surface area contributed by atoms with Crippen LogP contribution in [0.2, 0.25) is 0 Å². The molecule has 4 aliphatic rings. The predicted molar refractivity (Wildman–Crippen MR) is 89.9 cm³/mol. The molecule has 0 aromatic rings. The lowest BCUT2D eigenvalue weighted by Crippen LogP contribution is -2.41. The highest BCUT2D eigenvalue weighted by atomic mass is 14.5. The van der Waals surface area contributed by atoms with Gasteiger partial charge in [-0.2, -0.15) is 0 Å². The molecule has 4 rings (SSSR count). The zero-order valence-corrected chi connectivity index (χ0v) is 13.4. The van der Waals surface area contributed by atoms with Gasteiger partial charge in [0.1, 0.15) is 0 Å². The molecule has 0 bridgehead atoms. The number of fused-ring (bicyclic) bond motifs is 5. The summed E-state index contributed by atoms with van der Waals surface area (Å²) in [6.45, 7) is 8.98. The molecule has 0 unspecified atom stereocenters. The van der Waals surface area contributed by atoms with Gasteiger partial charge in [-0.05, 0) is 60.2 Å². The van der Waals surface area contributed by atoms with Crippen molar-refractivity contribution in [1.82, 2.24) is 0 Å². The number of rotatable bonds is 1. The van der Waals surface area contributed by atoms with Crippen LogP contribution < -0.4 is 0 Å². The lowest BCUT2D eigenvalue weighted by atomic mass is 9.52. The Bertz CT molecular complexity index is 624. The van der Waals surface area contributed by atoms with Crippen LogP contribution >= 0.6 is 0 Å². The third-order valence-corrected chi connectivity index (χ3v) is 6.86. The maximum atomic E-state index is 4.03. The first kappa shape index (κ1) is 13.4. The zero-order valence-electron chi connectivity index (χ0n) is 13.4. The van der Waals surface area contributed by atoms with E-state index in [0.717, 1.165) is 5.92 Å². The molecule has 0 saturated heterocycles. The molecule has 0 radical (unpaired) electrons. The average Bonchev–Trinajstić information content (AvgIpc) is 2.83. The Morgan fingerprint density at radius 3 is 2.76 bits per heavy atom. The van der Waals surface area contributed by atoms with E-state index in [1.165, 1.54) is 44.1 Å². The number of allylic oxidation sites excluding steroid dienone is 9. The lowest BCUT2D eigenvalue weighted by Gasteiger charge is -2.52. The van der Waals surface area contributed by atoms with E-state index in [-0.39, 0.29) is 5.41 Å². The lowest BCUT2D eigenvalue weighted by molar-refractivity contribution is 0.170. The van der Waals surface area contributed by atoms with Gasteiger partial charge in [-0.3, -0.25) is 0 Å². The average molecular weight is 278 g/mol. The summed E-state index contributed by atoms with van der Waals surface area (Å²) >= 11 is 0. The standard InChI is InChI=1S/C21H26/c1-4-15-9-11-18-17-10-8-16-7-5-6-13-20(16,2)19(17)12-14-21(15,18)3/h4,8-11,19H,1,5-7,12-14H2,2-3H3/t19-,20-,21+/m0/s1. The Kier molecular flexibility index (Phi) is 2.77. The molecule has 3 atom stereocenters. The fourth-order valence-electron chi connectivity index (χ4n) is 5.44. The Labute approximate surface area is 129 Å². The van der Waals surface area contributed by atoms with Gasteiger partial charge in [-0.25, -0.2) is 0 Å². The summed E-state index contributed by atoms with van der Waals surface area (Å²) in [6.07, 6.45) is 19.8. The molecule has 0 aliphatic heterocycles. The smallest absolute Gasteiger partial charge is 0.0177 e. The molecule has 0 spiro atoms. The van der Waals surface area contributed by atoms with Gasteiger partial charge in [0.2, 0.25) is 0 Å². The van der Waals surface area contributed by atoms with Crippen LogP contribution in [0.4, 0.5) is 0 Å². The second-order valence-corrected chi connectivity index (χ2v) is 7.77. The van der Waals surface area contributed by atoms with Crippen molar-refractivity contribution in [3.63, 3.8) is 0 Å². The molecule has 0 heteroatoms. The van der Waals surface area contributed by atoms with Gasteiger partial charge in [0.25, 0.3) is 0 Å². The minimum atomic E-state index is 0.223. The van der Waals surface area contributed by atoms with Crippen LogP contribution in [0, 0.1) is 16.7 Å². The van der Waals surface area contributed by atoms with Crippen molar-refractivity contribution in [3.8, 4) is 0 Å². The first-order valence-electron chi connectivity index (χ1n) is 8.56. The topological polar surface area (TPSA) is 0 Å². The highest BCUT2D eigenvalue weighted by molar-refractivity contribution is 5.58. The van der Waals surface area contributed by atoms with E-state index in [4.69, 9.17) is 0 Å². The molecule has 0 N–H and O–H groups in total. The Balaban J connectivity index is 1.79. The maximum Gasteiger partial charge on any atom is 0.0177 e. The summed E-state index contributed by atoms with van der Waals surface area (Å²) in [4.78, 5) is 0. The van der Waals surface area contributed by atoms with Crippen molar-refractivity contribution in [2.24, 2.45) is 16.7 Å². The molecule has 0 heterocycles. The summed E-state index contributed by atoms with van der Waals surface area (Å²) in [5, 5.41) is 0. The largest absolute Gasteiger partial charge is 0.0988 e. The fourth-order valence-corrected chi connectivity index (χ4v) is 5.44. The van der Waals surface area contributed by atoms with E-state index < -0.39 is 0 Å². The molecule has 2 saturated carbocycles. The van der Waals surface area contributed by atoms with E-state index in [0.29, 0.717) is 5.41 Å². The molecule has 4 aliphatic carbocycles. The SMILES string of the molecule is C=CC1=CC=C2C3=CC=C4CCCC[C@]4(C)[C@H]3CC[C@]12C. The van der Waals surface area contributed by atoms with E-state index in [9.17, 15) is 0 Å². The molecule has 2 fully saturated rings. The summed E-state index contributed by atoms with van der Waals surface area (Å²) in [7, 11) is 0. The Hall–Kier alpha value is -1.30. The Morgan fingerprint density at radius 1 is 1.10 bits per heavy atom. The van der Waals surface area contributed by atoms with Crippen molar-refractivity contribution in [3.05, 3.63) is 59.3 Å². The van der Waals surface area contributed by atoms with Gasteiger partial charge < -0.3 is 0 Å². The molecule has 110 valence electrons. The first-order valence-corrected chi connectivity index (χ1v) is 8.56. The predicted octanol–water partition coefficient (Wildman–Crippen LogP) is 5.90. The third-order valence-electron chi connectivity index (χ3n) is 6.86. The summed E-state index contributed by atoms with van der Waals surface area (Å²) in [5.41, 5.74) is 7.00. The van der Waals surface area contributed by atoms with E-state index in [1.54, 1.807) is 16.7 Å². The fraction of sp³-hybridized carbons (Fsp3) is 0.524. The van der Waals surface area contributed by atoms with E-state index >= 15 is 0 Å². The molecule has 0 aromatic heterocycles. The van der Waals surface area contributed by atoms with Gasteiger partial charge in [0.05, 0.1) is 0 Å². The van der Waals surface area contributed by atoms with Crippen LogP contribution in [-0.4, -0.2) is 0 Å². The summed E-state index contributed by atoms with van der Waals surface area (Å²) in [6, 6.07) is 0. The van der Waals surface area contributed by atoms with Crippen LogP contribution in [-0.2, 0) is 0 Å². The van der Waals surface area contributed by atoms with Crippen molar-refractivity contribution >= 4 is 0 Å². The van der Waals surface area contributed by atoms with Crippen molar-refractivity contribution in [1.29, 1.82) is 0 Å². The molecular formula is C21H26. The normalized spacial score (nSPS) is 41.0. The molecular weight excluding hydrogens is 252 g/mol. The molecule has 0 nitrogen and oxygen atoms in total. The maximum absolute atomic E-state index is 4.03. The first-order chi connectivity index (χ1) is 10.1. The second-order valence-electron chi connectivity index (χ2n) is 7.77. The van der Waals surface area contributed by atoms with Gasteiger partial charge in [-0.1, -0.05) is 62.8 Å². The van der Waals surface area contributed by atoms with Crippen LogP contribution in [0.1, 0.15) is 52.4 Å². The van der Waals surface area contributed by atoms with Crippen molar-refractivity contribution in [2.75, 3.05) is 0 Å². The second kappa shape index (κ2) is 4.35. The van der Waals surface area contributed by atoms with Crippen LogP contribution in [0.15, 0.2) is 59.3 Å². The minimum Gasteiger partial charge on any atom is -0.0988 e. The van der Waals surface area contributed by atoms with Gasteiger partial charge >= 0.3 is 0 Å². The van der Waals surface area contributed by atoms with E-state index in [2.05, 4.69) is 50.8 Å². The highest BCUT2D eigenvalue weighted by Gasteiger charge is 2.50. The summed E-state index contributed by atoms with van der Waals surface area (Å²) < 4.78 is 0. The highest BCUT2D eigenvalue weighted by Crippen LogP contribution is 2.62. The molecule has 0 aromatic carbocycles. The number of hydrogen-bond donors (Lipinski definition) is 0. The number of hydrogen-bond acceptors (Lipinski definition) is 0. The van der Waals surface area contributed by atoms with Gasteiger partial charge in [-0.15, -0.1) is 0 Å². The third kappa shape index (κ3) is 1.62. The van der Waals surface area contributed by atoms with Crippen molar-refractivity contribution < 1.29 is 0 Å². The van der Waals surface area contributed by atoms with Crippen molar-refractivity contribution in [2.45, 2.75) is 52.4 Å². The van der Waals surface area contributed by atoms with Gasteiger partial charge in [0.15, 0.2) is 0 Å². The summed E-state index contributed by atoms with van der Waals surface area (Å²) in [5.74, 6) is 0.745. The van der Waals surface area contributed by atoms with Crippen LogP contribution in [0.25, 0.3) is 0 Å². The zero-order chi connectivity index (χ0) is 14.7. The van der Waals surface area contributed by atoms with Crippen LogP contribution in [0.5, 0.6) is 0 Å².